The highest BCUT2D eigenvalue weighted by Crippen LogP contribution is 2.29. The molecule has 0 N–H and O–H groups in total. The third-order valence-electron chi connectivity index (χ3n) is 2.45. The van der Waals surface area contributed by atoms with E-state index in [1.807, 2.05) is 30.3 Å². The first-order valence-corrected chi connectivity index (χ1v) is 6.27. The fourth-order valence-electron chi connectivity index (χ4n) is 1.65. The summed E-state index contributed by atoms with van der Waals surface area (Å²) in [6, 6.07) is 10.0. The number of pyridine rings is 1. The molecule has 1 heterocycles. The Labute approximate surface area is 114 Å². The standard InChI is InChI=1S/C13H11BrClNO/c1-17-8-12-11(6-7-16-13(12)15)9-2-4-10(14)5-3-9/h2-7H,8H2,1H3. The maximum atomic E-state index is 6.09. The number of ether oxygens (including phenoxy) is 1. The van der Waals surface area contributed by atoms with Crippen LogP contribution in [0, 0.1) is 0 Å². The lowest BCUT2D eigenvalue weighted by atomic mass is 10.0. The van der Waals surface area contributed by atoms with E-state index in [0.717, 1.165) is 21.2 Å². The van der Waals surface area contributed by atoms with E-state index in [9.17, 15) is 0 Å². The van der Waals surface area contributed by atoms with Crippen LogP contribution in [0.2, 0.25) is 5.15 Å². The topological polar surface area (TPSA) is 22.1 Å². The summed E-state index contributed by atoms with van der Waals surface area (Å²) in [7, 11) is 1.65. The summed E-state index contributed by atoms with van der Waals surface area (Å²) in [6.45, 7) is 0.456. The lowest BCUT2D eigenvalue weighted by Gasteiger charge is -2.10. The molecule has 0 fully saturated rings. The Morgan fingerprint density at radius 1 is 1.24 bits per heavy atom. The van der Waals surface area contributed by atoms with Crippen molar-refractivity contribution in [2.45, 2.75) is 6.61 Å². The SMILES string of the molecule is COCc1c(-c2ccc(Br)cc2)ccnc1Cl. The van der Waals surface area contributed by atoms with E-state index in [2.05, 4.69) is 20.9 Å². The third-order valence-corrected chi connectivity index (χ3v) is 3.30. The first-order valence-electron chi connectivity index (χ1n) is 5.10. The molecule has 0 bridgehead atoms. The minimum Gasteiger partial charge on any atom is -0.380 e. The van der Waals surface area contributed by atoms with Gasteiger partial charge < -0.3 is 4.74 Å². The molecule has 0 atom stereocenters. The maximum absolute atomic E-state index is 6.09. The van der Waals surface area contributed by atoms with E-state index >= 15 is 0 Å². The van der Waals surface area contributed by atoms with Gasteiger partial charge in [-0.3, -0.25) is 0 Å². The number of rotatable bonds is 3. The van der Waals surface area contributed by atoms with Crippen LogP contribution >= 0.6 is 27.5 Å². The highest BCUT2D eigenvalue weighted by atomic mass is 79.9. The van der Waals surface area contributed by atoms with Gasteiger partial charge in [-0.05, 0) is 29.3 Å². The summed E-state index contributed by atoms with van der Waals surface area (Å²) in [5.74, 6) is 0. The lowest BCUT2D eigenvalue weighted by Crippen LogP contribution is -1.95. The molecule has 0 radical (unpaired) electrons. The molecule has 2 rings (SSSR count). The maximum Gasteiger partial charge on any atom is 0.135 e. The molecule has 0 amide bonds. The Kier molecular flexibility index (Phi) is 4.15. The van der Waals surface area contributed by atoms with Crippen LogP contribution < -0.4 is 0 Å². The van der Waals surface area contributed by atoms with Gasteiger partial charge in [-0.15, -0.1) is 0 Å². The molecule has 1 aromatic heterocycles. The van der Waals surface area contributed by atoms with Crippen molar-refractivity contribution in [1.82, 2.24) is 4.98 Å². The molecule has 0 spiro atoms. The van der Waals surface area contributed by atoms with Crippen LogP contribution in [0.3, 0.4) is 0 Å². The second-order valence-electron chi connectivity index (χ2n) is 3.57. The smallest absolute Gasteiger partial charge is 0.135 e. The molecule has 0 aliphatic carbocycles. The first kappa shape index (κ1) is 12.6. The van der Waals surface area contributed by atoms with Gasteiger partial charge in [-0.25, -0.2) is 4.98 Å². The van der Waals surface area contributed by atoms with Gasteiger partial charge in [0.1, 0.15) is 5.15 Å². The van der Waals surface area contributed by atoms with Crippen molar-refractivity contribution < 1.29 is 4.74 Å². The summed E-state index contributed by atoms with van der Waals surface area (Å²) in [5.41, 5.74) is 3.07. The largest absolute Gasteiger partial charge is 0.380 e. The molecule has 0 saturated heterocycles. The van der Waals surface area contributed by atoms with E-state index in [4.69, 9.17) is 16.3 Å². The van der Waals surface area contributed by atoms with Crippen molar-refractivity contribution in [1.29, 1.82) is 0 Å². The van der Waals surface area contributed by atoms with Crippen molar-refractivity contribution in [3.8, 4) is 11.1 Å². The van der Waals surface area contributed by atoms with E-state index in [1.165, 1.54) is 0 Å². The van der Waals surface area contributed by atoms with E-state index in [1.54, 1.807) is 13.3 Å². The fraction of sp³-hybridized carbons (Fsp3) is 0.154. The molecule has 88 valence electrons. The van der Waals surface area contributed by atoms with Gasteiger partial charge in [0.05, 0.1) is 6.61 Å². The number of halogens is 2. The zero-order chi connectivity index (χ0) is 12.3. The number of aromatic nitrogens is 1. The Morgan fingerprint density at radius 2 is 1.94 bits per heavy atom. The third kappa shape index (κ3) is 2.86. The Hall–Kier alpha value is -0.900. The number of hydrogen-bond donors (Lipinski definition) is 0. The summed E-state index contributed by atoms with van der Waals surface area (Å²) in [5, 5.41) is 0.493. The quantitative estimate of drug-likeness (QED) is 0.788. The average Bonchev–Trinajstić information content (AvgIpc) is 2.33. The second-order valence-corrected chi connectivity index (χ2v) is 4.84. The molecule has 0 aliphatic heterocycles. The predicted octanol–water partition coefficient (Wildman–Crippen LogP) is 4.31. The van der Waals surface area contributed by atoms with Gasteiger partial charge in [-0.1, -0.05) is 39.7 Å². The molecule has 2 nitrogen and oxygen atoms in total. The van der Waals surface area contributed by atoms with Gasteiger partial charge in [0.25, 0.3) is 0 Å². The van der Waals surface area contributed by atoms with Crippen LogP contribution in [0.5, 0.6) is 0 Å². The molecular weight excluding hydrogens is 302 g/mol. The van der Waals surface area contributed by atoms with Gasteiger partial charge in [0.2, 0.25) is 0 Å². The molecule has 0 unspecified atom stereocenters. The second kappa shape index (κ2) is 5.63. The van der Waals surface area contributed by atoms with Crippen LogP contribution in [0.1, 0.15) is 5.56 Å². The zero-order valence-electron chi connectivity index (χ0n) is 9.28. The van der Waals surface area contributed by atoms with Crippen molar-refractivity contribution in [3.63, 3.8) is 0 Å². The number of hydrogen-bond acceptors (Lipinski definition) is 2. The van der Waals surface area contributed by atoms with Crippen LogP contribution in [-0.4, -0.2) is 12.1 Å². The number of benzene rings is 1. The molecule has 2 aromatic rings. The summed E-state index contributed by atoms with van der Waals surface area (Å²) >= 11 is 9.51. The Bertz CT molecular complexity index is 513. The lowest BCUT2D eigenvalue weighted by molar-refractivity contribution is 0.185. The average molecular weight is 313 g/mol. The Morgan fingerprint density at radius 3 is 2.59 bits per heavy atom. The molecule has 0 aliphatic rings. The van der Waals surface area contributed by atoms with Crippen molar-refractivity contribution in [2.24, 2.45) is 0 Å². The van der Waals surface area contributed by atoms with Crippen LogP contribution in [0.25, 0.3) is 11.1 Å². The Balaban J connectivity index is 2.50. The van der Waals surface area contributed by atoms with Crippen molar-refractivity contribution in [2.75, 3.05) is 7.11 Å². The van der Waals surface area contributed by atoms with Crippen molar-refractivity contribution in [3.05, 3.63) is 51.7 Å². The monoisotopic (exact) mass is 311 g/mol. The highest BCUT2D eigenvalue weighted by Gasteiger charge is 2.09. The minimum atomic E-state index is 0.456. The summed E-state index contributed by atoms with van der Waals surface area (Å²) in [4.78, 5) is 4.08. The van der Waals surface area contributed by atoms with Crippen molar-refractivity contribution >= 4 is 27.5 Å². The molecule has 4 heteroatoms. The normalized spacial score (nSPS) is 10.5. The molecule has 1 aromatic carbocycles. The minimum absolute atomic E-state index is 0.456. The number of methoxy groups -OCH3 is 1. The molecular formula is C13H11BrClNO. The fourth-order valence-corrected chi connectivity index (χ4v) is 2.13. The molecule has 17 heavy (non-hydrogen) atoms. The van der Waals surface area contributed by atoms with Crippen LogP contribution in [-0.2, 0) is 11.3 Å². The molecule has 0 saturated carbocycles. The summed E-state index contributed by atoms with van der Waals surface area (Å²) < 4.78 is 6.21. The highest BCUT2D eigenvalue weighted by molar-refractivity contribution is 9.10. The predicted molar refractivity (Wildman–Crippen MR) is 73.1 cm³/mol. The summed E-state index contributed by atoms with van der Waals surface area (Å²) in [6.07, 6.45) is 1.71. The van der Waals surface area contributed by atoms with E-state index < -0.39 is 0 Å². The van der Waals surface area contributed by atoms with E-state index in [-0.39, 0.29) is 0 Å². The first-order chi connectivity index (χ1) is 8.22. The zero-order valence-corrected chi connectivity index (χ0v) is 11.6. The van der Waals surface area contributed by atoms with Gasteiger partial charge in [-0.2, -0.15) is 0 Å². The number of nitrogens with zero attached hydrogens (tertiary/aromatic N) is 1. The van der Waals surface area contributed by atoms with E-state index in [0.29, 0.717) is 11.8 Å². The van der Waals surface area contributed by atoms with Crippen LogP contribution in [0.4, 0.5) is 0 Å². The van der Waals surface area contributed by atoms with Gasteiger partial charge in [0.15, 0.2) is 0 Å². The van der Waals surface area contributed by atoms with Gasteiger partial charge in [0, 0.05) is 23.3 Å². The van der Waals surface area contributed by atoms with Crippen LogP contribution in [0.15, 0.2) is 41.0 Å². The van der Waals surface area contributed by atoms with Gasteiger partial charge >= 0.3 is 0 Å².